The first-order valence-corrected chi connectivity index (χ1v) is 5.94. The van der Waals surface area contributed by atoms with Gasteiger partial charge in [-0.2, -0.15) is 9.46 Å². The Morgan fingerprint density at radius 1 is 1.80 bits per heavy atom. The van der Waals surface area contributed by atoms with Crippen LogP contribution in [0.25, 0.3) is 0 Å². The minimum absolute atomic E-state index is 0.408. The molecule has 0 N–H and O–H groups in total. The highest BCUT2D eigenvalue weighted by molar-refractivity contribution is 8.78. The maximum atomic E-state index is 5.75. The van der Waals surface area contributed by atoms with Crippen LogP contribution < -0.4 is 0 Å². The normalized spacial score (nSPS) is 22.4. The second-order valence-corrected chi connectivity index (χ2v) is 5.95. The Hall–Kier alpha value is -0.0000000000000000555. The fourth-order valence-electron chi connectivity index (χ4n) is 0.738. The summed E-state index contributed by atoms with van der Waals surface area (Å²) in [4.78, 5) is 1.08. The van der Waals surface area contributed by atoms with Gasteiger partial charge in [0, 0.05) is 13.2 Å². The van der Waals surface area contributed by atoms with Crippen molar-refractivity contribution in [2.45, 2.75) is 4.90 Å². The minimum Gasteiger partial charge on any atom is -0.272 e. The van der Waals surface area contributed by atoms with Crippen LogP contribution in [0, 0.1) is 0 Å². The van der Waals surface area contributed by atoms with Crippen LogP contribution in [0.1, 0.15) is 0 Å². The summed E-state index contributed by atoms with van der Waals surface area (Å²) in [7, 11) is 8.77. The average Bonchev–Trinajstić information content (AvgIpc) is 2.21. The summed E-state index contributed by atoms with van der Waals surface area (Å²) in [5.74, 6) is 0.783. The smallest absolute Gasteiger partial charge is 0.197 e. The van der Waals surface area contributed by atoms with E-state index >= 15 is 0 Å². The van der Waals surface area contributed by atoms with Crippen LogP contribution in [-0.2, 0) is 16.0 Å². The molecule has 0 fully saturated rings. The molecule has 0 bridgehead atoms. The number of halogens is 1. The van der Waals surface area contributed by atoms with E-state index in [0.29, 0.717) is 0 Å². The van der Waals surface area contributed by atoms with E-state index in [1.54, 1.807) is 15.5 Å². The van der Waals surface area contributed by atoms with Crippen LogP contribution in [0.2, 0.25) is 0 Å². The molecule has 54 valence electrons. The van der Waals surface area contributed by atoms with Gasteiger partial charge in [0.25, 0.3) is 0 Å². The molecule has 0 aromatic carbocycles. The molecule has 0 amide bonds. The van der Waals surface area contributed by atoms with Crippen molar-refractivity contribution in [1.82, 2.24) is 9.78 Å². The summed E-state index contributed by atoms with van der Waals surface area (Å²) in [6, 6.07) is 0. The van der Waals surface area contributed by atoms with Gasteiger partial charge >= 0.3 is 0 Å². The van der Waals surface area contributed by atoms with Crippen molar-refractivity contribution in [2.24, 2.45) is 11.4 Å². The summed E-state index contributed by atoms with van der Waals surface area (Å²) in [6.45, 7) is 0. The van der Waals surface area contributed by atoms with E-state index < -0.39 is 8.94 Å². The van der Waals surface area contributed by atoms with Crippen LogP contribution >= 0.6 is 21.5 Å². The fraction of sp³-hybridized carbons (Fsp3) is 0.250. The Kier molecular flexibility index (Phi) is 1.51. The molecule has 0 saturated heterocycles. The molecule has 1 aliphatic heterocycles. The molecule has 0 aliphatic carbocycles. The van der Waals surface area contributed by atoms with Crippen molar-refractivity contribution in [1.29, 1.82) is 0 Å². The van der Waals surface area contributed by atoms with Crippen LogP contribution in [0.5, 0.6) is 0 Å². The lowest BCUT2D eigenvalue weighted by Gasteiger charge is -1.85. The lowest BCUT2D eigenvalue weighted by Crippen LogP contribution is -1.85. The van der Waals surface area contributed by atoms with Crippen molar-refractivity contribution < 1.29 is 0 Å². The van der Waals surface area contributed by atoms with E-state index in [9.17, 15) is 0 Å². The predicted molar refractivity (Wildman–Crippen MR) is 44.4 cm³/mol. The van der Waals surface area contributed by atoms with E-state index in [4.69, 9.17) is 10.7 Å². The van der Waals surface area contributed by atoms with Gasteiger partial charge in [-0.25, -0.2) is 0 Å². The van der Waals surface area contributed by atoms with E-state index in [1.165, 1.54) is 0 Å². The van der Waals surface area contributed by atoms with Crippen molar-refractivity contribution >= 4 is 36.2 Å². The zero-order valence-electron chi connectivity index (χ0n) is 5.11. The fourth-order valence-corrected chi connectivity index (χ4v) is 3.54. The zero-order chi connectivity index (χ0) is 7.14. The van der Waals surface area contributed by atoms with Crippen LogP contribution in [0.15, 0.2) is 15.5 Å². The summed E-state index contributed by atoms with van der Waals surface area (Å²) < 4.78 is 5.84. The molecule has 1 aromatic heterocycles. The van der Waals surface area contributed by atoms with Crippen LogP contribution in [0.4, 0.5) is 5.82 Å². The Morgan fingerprint density at radius 3 is 3.30 bits per heavy atom. The number of rotatable bonds is 0. The first-order valence-electron chi connectivity index (χ1n) is 2.60. The third kappa shape index (κ3) is 0.980. The Bertz CT molecular complexity index is 305. The highest BCUT2D eigenvalue weighted by Gasteiger charge is 2.15. The Morgan fingerprint density at radius 2 is 2.60 bits per heavy atom. The maximum Gasteiger partial charge on any atom is 0.197 e. The molecule has 0 spiro atoms. The zero-order valence-corrected chi connectivity index (χ0v) is 7.50. The molecule has 1 atom stereocenters. The number of hydrogen-bond acceptors (Lipinski definition) is 3. The molecule has 10 heavy (non-hydrogen) atoms. The molecular formula is C4H4ClN3S2. The molecule has 6 heteroatoms. The van der Waals surface area contributed by atoms with Crippen LogP contribution in [0.3, 0.4) is 0 Å². The molecule has 0 radical (unpaired) electrons. The summed E-state index contributed by atoms with van der Waals surface area (Å²) in [5, 5.41) is 4.09. The molecule has 1 aromatic rings. The molecule has 1 unspecified atom stereocenters. The molecule has 0 saturated carbocycles. The topological polar surface area (TPSA) is 30.2 Å². The van der Waals surface area contributed by atoms with Gasteiger partial charge in [-0.1, -0.05) is 0 Å². The average molecular weight is 194 g/mol. The van der Waals surface area contributed by atoms with Crippen molar-refractivity contribution in [3.05, 3.63) is 6.20 Å². The van der Waals surface area contributed by atoms with Gasteiger partial charge in [0.05, 0.1) is 13.8 Å². The van der Waals surface area contributed by atoms with Crippen LogP contribution in [-0.4, -0.2) is 9.78 Å². The first-order chi connectivity index (χ1) is 4.75. The van der Waals surface area contributed by atoms with E-state index in [0.717, 1.165) is 10.7 Å². The van der Waals surface area contributed by atoms with E-state index in [-0.39, 0.29) is 0 Å². The van der Waals surface area contributed by atoms with Crippen molar-refractivity contribution in [2.75, 3.05) is 0 Å². The van der Waals surface area contributed by atoms with Crippen molar-refractivity contribution in [3.63, 3.8) is 0 Å². The molecule has 1 aliphatic rings. The number of aryl methyl sites for hydroxylation is 1. The Balaban J connectivity index is 2.53. The van der Waals surface area contributed by atoms with Gasteiger partial charge in [-0.15, -0.1) is 0 Å². The third-order valence-electron chi connectivity index (χ3n) is 1.09. The number of aromatic nitrogens is 2. The summed E-state index contributed by atoms with van der Waals surface area (Å²) >= 11 is 0. The number of nitrogens with zero attached hydrogens (tertiary/aromatic N) is 3. The number of hydrogen-bond donors (Lipinski definition) is 0. The standard InChI is InChI=1S/C4H4ClN3S2/c1-8-2-3-4(6-8)7-10(5)9-3/h2H,1H3. The summed E-state index contributed by atoms with van der Waals surface area (Å²) in [5.41, 5.74) is 0. The monoisotopic (exact) mass is 193 g/mol. The SMILES string of the molecule is Cn1cc2c(n1)N=S(Cl)S2. The lowest BCUT2D eigenvalue weighted by molar-refractivity contribution is 0.768. The highest BCUT2D eigenvalue weighted by Crippen LogP contribution is 2.40. The quantitative estimate of drug-likeness (QED) is 0.591. The van der Waals surface area contributed by atoms with Gasteiger partial charge in [0.1, 0.15) is 0 Å². The maximum absolute atomic E-state index is 5.75. The predicted octanol–water partition coefficient (Wildman–Crippen LogP) is 2.03. The largest absolute Gasteiger partial charge is 0.272 e. The minimum atomic E-state index is -0.408. The second kappa shape index (κ2) is 2.25. The molecule has 2 heterocycles. The third-order valence-corrected chi connectivity index (χ3v) is 3.96. The molecule has 2 rings (SSSR count). The lowest BCUT2D eigenvalue weighted by atomic mass is 10.7. The molecule has 3 nitrogen and oxygen atoms in total. The van der Waals surface area contributed by atoms with Gasteiger partial charge < -0.3 is 0 Å². The van der Waals surface area contributed by atoms with Gasteiger partial charge in [0.2, 0.25) is 0 Å². The highest BCUT2D eigenvalue weighted by atomic mass is 35.7. The van der Waals surface area contributed by atoms with Crippen molar-refractivity contribution in [3.8, 4) is 0 Å². The van der Waals surface area contributed by atoms with Gasteiger partial charge in [-0.05, 0) is 21.5 Å². The van der Waals surface area contributed by atoms with Gasteiger partial charge in [0.15, 0.2) is 5.82 Å². The van der Waals surface area contributed by atoms with Gasteiger partial charge in [-0.3, -0.25) is 4.68 Å². The first kappa shape index (κ1) is 6.69. The number of fused-ring (bicyclic) bond motifs is 1. The molecular weight excluding hydrogens is 190 g/mol. The Labute approximate surface area is 68.8 Å². The summed E-state index contributed by atoms with van der Waals surface area (Å²) in [6.07, 6.45) is 1.93. The van der Waals surface area contributed by atoms with E-state index in [2.05, 4.69) is 9.46 Å². The van der Waals surface area contributed by atoms with E-state index in [1.807, 2.05) is 13.2 Å². The second-order valence-electron chi connectivity index (χ2n) is 1.87.